The molecular formula is C24H36O5. The van der Waals surface area contributed by atoms with Crippen LogP contribution in [-0.4, -0.2) is 42.8 Å². The molecule has 29 heavy (non-hydrogen) atoms. The smallest absolute Gasteiger partial charge is 0.190 e. The number of carbonyl (C=O) groups is 2. The van der Waals surface area contributed by atoms with E-state index in [9.17, 15) is 14.7 Å². The molecule has 0 amide bonds. The first-order chi connectivity index (χ1) is 13.7. The van der Waals surface area contributed by atoms with Crippen molar-refractivity contribution in [2.45, 2.75) is 71.3 Å². The molecule has 0 heterocycles. The molecule has 3 saturated carbocycles. The van der Waals surface area contributed by atoms with Gasteiger partial charge in [0.1, 0.15) is 19.0 Å². The van der Waals surface area contributed by atoms with Gasteiger partial charge in [-0.05, 0) is 73.7 Å². The van der Waals surface area contributed by atoms with Crippen LogP contribution in [0.1, 0.15) is 65.7 Å². The highest BCUT2D eigenvalue weighted by molar-refractivity contribution is 5.92. The molecule has 0 aromatic heterocycles. The summed E-state index contributed by atoms with van der Waals surface area (Å²) in [4.78, 5) is 25.1. The minimum Gasteiger partial charge on any atom is -0.388 e. The zero-order valence-electron chi connectivity index (χ0n) is 18.3. The fraction of sp³-hybridized carbons (Fsp3) is 0.833. The van der Waals surface area contributed by atoms with Gasteiger partial charge in [-0.2, -0.15) is 0 Å². The van der Waals surface area contributed by atoms with Crippen molar-refractivity contribution in [1.29, 1.82) is 0 Å². The highest BCUT2D eigenvalue weighted by atomic mass is 16.7. The normalized spacial score (nSPS) is 46.5. The van der Waals surface area contributed by atoms with E-state index in [0.29, 0.717) is 24.2 Å². The lowest BCUT2D eigenvalue weighted by Gasteiger charge is -2.59. The number of rotatable bonds is 5. The van der Waals surface area contributed by atoms with Crippen LogP contribution in [-0.2, 0) is 19.1 Å². The van der Waals surface area contributed by atoms with Gasteiger partial charge in [0, 0.05) is 18.9 Å². The second-order valence-electron chi connectivity index (χ2n) is 10.4. The molecule has 0 bridgehead atoms. The van der Waals surface area contributed by atoms with E-state index < -0.39 is 12.2 Å². The first kappa shape index (κ1) is 21.2. The van der Waals surface area contributed by atoms with Gasteiger partial charge in [0.05, 0.1) is 0 Å². The van der Waals surface area contributed by atoms with Crippen LogP contribution in [0.4, 0.5) is 0 Å². The third kappa shape index (κ3) is 2.76. The molecule has 0 spiro atoms. The van der Waals surface area contributed by atoms with Gasteiger partial charge in [0.2, 0.25) is 0 Å². The molecule has 1 unspecified atom stereocenters. The first-order valence-corrected chi connectivity index (χ1v) is 11.3. The average molecular weight is 405 g/mol. The highest BCUT2D eigenvalue weighted by Crippen LogP contribution is 2.69. The second-order valence-corrected chi connectivity index (χ2v) is 10.4. The lowest BCUT2D eigenvalue weighted by molar-refractivity contribution is -0.212. The van der Waals surface area contributed by atoms with Gasteiger partial charge >= 0.3 is 0 Å². The van der Waals surface area contributed by atoms with Crippen LogP contribution in [0.2, 0.25) is 0 Å². The van der Waals surface area contributed by atoms with Crippen molar-refractivity contribution >= 4 is 11.6 Å². The van der Waals surface area contributed by atoms with Crippen LogP contribution >= 0.6 is 0 Å². The Morgan fingerprint density at radius 2 is 1.97 bits per heavy atom. The molecule has 4 rings (SSSR count). The van der Waals surface area contributed by atoms with Gasteiger partial charge in [-0.25, -0.2) is 0 Å². The van der Waals surface area contributed by atoms with E-state index in [4.69, 9.17) is 9.47 Å². The van der Waals surface area contributed by atoms with E-state index >= 15 is 0 Å². The Balaban J connectivity index is 1.72. The van der Waals surface area contributed by atoms with Gasteiger partial charge in [-0.3, -0.25) is 9.59 Å². The lowest BCUT2D eigenvalue weighted by Crippen LogP contribution is -2.61. The SMILES string of the molecule is COCO[C@]1(C(=O)CO)C(C)C[C@H]2[C@@H]3CCC4=CC(=O)CC[C@]4(C)[C@H]3CC[C@@]21C. The number of hydrogen-bond acceptors (Lipinski definition) is 5. The molecule has 1 N–H and O–H groups in total. The number of ketones is 2. The van der Waals surface area contributed by atoms with Crippen molar-refractivity contribution in [3.05, 3.63) is 11.6 Å². The Morgan fingerprint density at radius 1 is 1.21 bits per heavy atom. The third-order valence-corrected chi connectivity index (χ3v) is 9.46. The molecule has 0 aliphatic heterocycles. The number of aliphatic hydroxyl groups is 1. The van der Waals surface area contributed by atoms with E-state index in [1.165, 1.54) is 5.57 Å². The molecule has 0 aromatic carbocycles. The van der Waals surface area contributed by atoms with Crippen LogP contribution in [0.15, 0.2) is 11.6 Å². The van der Waals surface area contributed by atoms with Crippen molar-refractivity contribution < 1.29 is 24.2 Å². The number of ether oxygens (including phenoxy) is 2. The summed E-state index contributed by atoms with van der Waals surface area (Å²) in [5.74, 6) is 1.61. The van der Waals surface area contributed by atoms with Gasteiger partial charge < -0.3 is 14.6 Å². The standard InChI is InChI=1S/C24H36O5/c1-15-11-20-18-6-5-16-12-17(26)7-9-22(16,2)19(18)8-10-23(20,3)24(15,21(27)13-25)29-14-28-4/h12,15,18-20,25H,5-11,13-14H2,1-4H3/t15?,18-,19+,20+,22+,23+,24+/m1/s1. The molecule has 4 aliphatic rings. The number of methoxy groups -OCH3 is 1. The second kappa shape index (κ2) is 7.28. The van der Waals surface area contributed by atoms with E-state index in [-0.39, 0.29) is 35.1 Å². The maximum Gasteiger partial charge on any atom is 0.190 e. The first-order valence-electron chi connectivity index (χ1n) is 11.3. The van der Waals surface area contributed by atoms with Crippen LogP contribution in [0.5, 0.6) is 0 Å². The number of allylic oxidation sites excluding steroid dienone is 1. The summed E-state index contributed by atoms with van der Waals surface area (Å²) in [7, 11) is 1.58. The van der Waals surface area contributed by atoms with E-state index in [1.807, 2.05) is 6.08 Å². The maximum absolute atomic E-state index is 13.1. The fourth-order valence-corrected chi connectivity index (χ4v) is 8.14. The Kier molecular flexibility index (Phi) is 5.32. The number of aliphatic hydroxyl groups excluding tert-OH is 1. The zero-order valence-corrected chi connectivity index (χ0v) is 18.3. The summed E-state index contributed by atoms with van der Waals surface area (Å²) in [5.41, 5.74) is 0.195. The average Bonchev–Trinajstić information content (AvgIpc) is 2.93. The van der Waals surface area contributed by atoms with Crippen LogP contribution < -0.4 is 0 Å². The molecular weight excluding hydrogens is 368 g/mol. The summed E-state index contributed by atoms with van der Waals surface area (Å²) in [6.07, 6.45) is 8.53. The minimum absolute atomic E-state index is 0.0451. The zero-order chi connectivity index (χ0) is 21.0. The molecule has 162 valence electrons. The monoisotopic (exact) mass is 404 g/mol. The van der Waals surface area contributed by atoms with Gasteiger partial charge in [0.15, 0.2) is 11.6 Å². The predicted octanol–water partition coefficient (Wildman–Crippen LogP) is 3.69. The summed E-state index contributed by atoms with van der Waals surface area (Å²) >= 11 is 0. The largest absolute Gasteiger partial charge is 0.388 e. The summed E-state index contributed by atoms with van der Waals surface area (Å²) < 4.78 is 11.4. The third-order valence-electron chi connectivity index (χ3n) is 9.46. The molecule has 4 aliphatic carbocycles. The van der Waals surface area contributed by atoms with Gasteiger partial charge in [-0.1, -0.05) is 26.3 Å². The van der Waals surface area contributed by atoms with Crippen LogP contribution in [0, 0.1) is 34.5 Å². The van der Waals surface area contributed by atoms with E-state index in [1.54, 1.807) is 7.11 Å². The summed E-state index contributed by atoms with van der Waals surface area (Å²) in [6, 6.07) is 0. The lowest BCUT2D eigenvalue weighted by atomic mass is 9.46. The van der Waals surface area contributed by atoms with Crippen molar-refractivity contribution in [3.8, 4) is 0 Å². The number of Topliss-reactive ketones (excluding diaryl/α,β-unsaturated/α-hetero) is 1. The predicted molar refractivity (Wildman–Crippen MR) is 109 cm³/mol. The van der Waals surface area contributed by atoms with Crippen molar-refractivity contribution in [1.82, 2.24) is 0 Å². The summed E-state index contributed by atoms with van der Waals surface area (Å²) in [6.45, 7) is 6.28. The fourth-order valence-electron chi connectivity index (χ4n) is 8.14. The van der Waals surface area contributed by atoms with Gasteiger partial charge in [-0.15, -0.1) is 0 Å². The van der Waals surface area contributed by atoms with Crippen molar-refractivity contribution in [2.24, 2.45) is 34.5 Å². The quantitative estimate of drug-likeness (QED) is 0.708. The highest BCUT2D eigenvalue weighted by Gasteiger charge is 2.69. The molecule has 0 saturated heterocycles. The number of carbonyl (C=O) groups excluding carboxylic acids is 2. The van der Waals surface area contributed by atoms with Crippen LogP contribution in [0.25, 0.3) is 0 Å². The Morgan fingerprint density at radius 3 is 2.66 bits per heavy atom. The molecule has 3 fully saturated rings. The minimum atomic E-state index is -0.979. The van der Waals surface area contributed by atoms with E-state index in [2.05, 4.69) is 20.8 Å². The Bertz CT molecular complexity index is 729. The van der Waals surface area contributed by atoms with Crippen molar-refractivity contribution in [2.75, 3.05) is 20.5 Å². The van der Waals surface area contributed by atoms with Gasteiger partial charge in [0.25, 0.3) is 0 Å². The Labute approximate surface area is 174 Å². The van der Waals surface area contributed by atoms with E-state index in [0.717, 1.165) is 38.5 Å². The molecule has 5 nitrogen and oxygen atoms in total. The number of fused-ring (bicyclic) bond motifs is 5. The molecule has 5 heteroatoms. The van der Waals surface area contributed by atoms with Crippen LogP contribution in [0.3, 0.4) is 0 Å². The maximum atomic E-state index is 13.1. The molecule has 7 atom stereocenters. The Hall–Kier alpha value is -1.04. The molecule has 0 aromatic rings. The topological polar surface area (TPSA) is 72.8 Å². The molecule has 0 radical (unpaired) electrons. The van der Waals surface area contributed by atoms with Crippen molar-refractivity contribution in [3.63, 3.8) is 0 Å². The number of hydrogen-bond donors (Lipinski definition) is 1. The summed E-state index contributed by atoms with van der Waals surface area (Å²) in [5, 5.41) is 9.83.